The van der Waals surface area contributed by atoms with Crippen LogP contribution in [0.15, 0.2) is 23.1 Å². The van der Waals surface area contributed by atoms with E-state index in [0.717, 1.165) is 0 Å². The molecule has 0 bridgehead atoms. The summed E-state index contributed by atoms with van der Waals surface area (Å²) in [6.45, 7) is 1.17. The number of nitrogen functional groups attached to an aromatic ring is 1. The lowest BCUT2D eigenvalue weighted by Gasteiger charge is -2.13. The van der Waals surface area contributed by atoms with E-state index in [1.165, 1.54) is 25.1 Å². The first-order valence-electron chi connectivity index (χ1n) is 5.10. The van der Waals surface area contributed by atoms with Gasteiger partial charge in [-0.1, -0.05) is 0 Å². The number of hydrogen-bond acceptors (Lipinski definition) is 5. The highest BCUT2D eigenvalue weighted by Gasteiger charge is 2.20. The molecule has 0 aliphatic carbocycles. The van der Waals surface area contributed by atoms with Crippen LogP contribution < -0.4 is 16.2 Å². The SMILES string of the molecule is C[C@H](CO)NS(=O)(=O)c1ccc(C(N)=O)cc1N. The van der Waals surface area contributed by atoms with Gasteiger partial charge >= 0.3 is 0 Å². The molecule has 8 heteroatoms. The maximum Gasteiger partial charge on any atom is 0.248 e. The molecule has 0 aliphatic rings. The van der Waals surface area contributed by atoms with Crippen molar-refractivity contribution in [3.63, 3.8) is 0 Å². The number of benzene rings is 1. The molecule has 0 unspecified atom stereocenters. The van der Waals surface area contributed by atoms with E-state index in [9.17, 15) is 13.2 Å². The van der Waals surface area contributed by atoms with E-state index in [1.807, 2.05) is 0 Å². The van der Waals surface area contributed by atoms with Crippen molar-refractivity contribution in [1.82, 2.24) is 4.72 Å². The number of aliphatic hydroxyl groups is 1. The van der Waals surface area contributed by atoms with Gasteiger partial charge in [-0.25, -0.2) is 13.1 Å². The number of aliphatic hydroxyl groups excluding tert-OH is 1. The van der Waals surface area contributed by atoms with Crippen molar-refractivity contribution in [2.75, 3.05) is 12.3 Å². The Balaban J connectivity index is 3.14. The van der Waals surface area contributed by atoms with Crippen LogP contribution in [0.5, 0.6) is 0 Å². The highest BCUT2D eigenvalue weighted by atomic mass is 32.2. The maximum absolute atomic E-state index is 11.9. The van der Waals surface area contributed by atoms with Crippen molar-refractivity contribution in [3.05, 3.63) is 23.8 Å². The van der Waals surface area contributed by atoms with Crippen LogP contribution in [0.25, 0.3) is 0 Å². The van der Waals surface area contributed by atoms with Gasteiger partial charge in [0.05, 0.1) is 12.3 Å². The van der Waals surface area contributed by atoms with Crippen molar-refractivity contribution in [2.24, 2.45) is 5.73 Å². The average Bonchev–Trinajstić information content (AvgIpc) is 2.27. The van der Waals surface area contributed by atoms with Gasteiger partial charge in [0.1, 0.15) is 4.90 Å². The number of nitrogens with two attached hydrogens (primary N) is 2. The number of amides is 1. The number of carbonyl (C=O) groups is 1. The van der Waals surface area contributed by atoms with Gasteiger partial charge in [0.25, 0.3) is 0 Å². The Morgan fingerprint density at radius 2 is 2.11 bits per heavy atom. The van der Waals surface area contributed by atoms with E-state index in [2.05, 4.69) is 4.72 Å². The summed E-state index contributed by atoms with van der Waals surface area (Å²) < 4.78 is 26.0. The van der Waals surface area contributed by atoms with Crippen LogP contribution in [0.3, 0.4) is 0 Å². The van der Waals surface area contributed by atoms with Crippen LogP contribution in [-0.2, 0) is 10.0 Å². The van der Waals surface area contributed by atoms with E-state index in [1.54, 1.807) is 0 Å². The van der Waals surface area contributed by atoms with Gasteiger partial charge < -0.3 is 16.6 Å². The molecular weight excluding hydrogens is 258 g/mol. The van der Waals surface area contributed by atoms with Gasteiger partial charge in [-0.05, 0) is 25.1 Å². The molecule has 0 heterocycles. The van der Waals surface area contributed by atoms with E-state index < -0.39 is 22.0 Å². The zero-order valence-corrected chi connectivity index (χ0v) is 10.6. The molecule has 1 amide bonds. The fraction of sp³-hybridized carbons (Fsp3) is 0.300. The van der Waals surface area contributed by atoms with Crippen LogP contribution in [0, 0.1) is 0 Å². The maximum atomic E-state index is 11.9. The fourth-order valence-corrected chi connectivity index (χ4v) is 2.66. The second-order valence-corrected chi connectivity index (χ2v) is 5.50. The molecule has 0 saturated carbocycles. The zero-order chi connectivity index (χ0) is 13.9. The number of nitrogens with one attached hydrogen (secondary N) is 1. The standard InChI is InChI=1S/C10H15N3O4S/c1-6(5-14)13-18(16,17)9-3-2-7(10(12)15)4-8(9)11/h2-4,6,13-14H,5,11H2,1H3,(H2,12,15)/t6-/m1/s1. The predicted molar refractivity (Wildman–Crippen MR) is 66.2 cm³/mol. The van der Waals surface area contributed by atoms with Gasteiger partial charge in [-0.3, -0.25) is 4.79 Å². The average molecular weight is 273 g/mol. The minimum atomic E-state index is -3.83. The number of rotatable bonds is 5. The summed E-state index contributed by atoms with van der Waals surface area (Å²) in [6.07, 6.45) is 0. The molecule has 1 atom stereocenters. The molecule has 0 saturated heterocycles. The minimum Gasteiger partial charge on any atom is -0.398 e. The van der Waals surface area contributed by atoms with Crippen LogP contribution in [-0.4, -0.2) is 32.1 Å². The van der Waals surface area contributed by atoms with Gasteiger partial charge in [0, 0.05) is 11.6 Å². The topological polar surface area (TPSA) is 136 Å². The van der Waals surface area contributed by atoms with Crippen molar-refractivity contribution in [2.45, 2.75) is 17.9 Å². The van der Waals surface area contributed by atoms with Crippen LogP contribution in [0.1, 0.15) is 17.3 Å². The Morgan fingerprint density at radius 3 is 2.56 bits per heavy atom. The smallest absolute Gasteiger partial charge is 0.248 e. The molecule has 18 heavy (non-hydrogen) atoms. The molecular formula is C10H15N3O4S. The molecule has 0 radical (unpaired) electrons. The summed E-state index contributed by atoms with van der Waals surface area (Å²) >= 11 is 0. The van der Waals surface area contributed by atoms with E-state index >= 15 is 0 Å². The third-order valence-electron chi connectivity index (χ3n) is 2.21. The number of carbonyl (C=O) groups excluding carboxylic acids is 1. The molecule has 100 valence electrons. The first kappa shape index (κ1) is 14.4. The van der Waals surface area contributed by atoms with E-state index in [0.29, 0.717) is 0 Å². The number of sulfonamides is 1. The molecule has 7 nitrogen and oxygen atoms in total. The summed E-state index contributed by atoms with van der Waals surface area (Å²) in [7, 11) is -3.83. The fourth-order valence-electron chi connectivity index (χ4n) is 1.31. The van der Waals surface area contributed by atoms with Gasteiger partial charge in [0.15, 0.2) is 0 Å². The molecule has 0 aliphatic heterocycles. The summed E-state index contributed by atoms with van der Waals surface area (Å²) in [6, 6.07) is 3.03. The Hall–Kier alpha value is -1.64. The Kier molecular flexibility index (Phi) is 4.28. The molecule has 0 spiro atoms. The van der Waals surface area contributed by atoms with Crippen molar-refractivity contribution < 1.29 is 18.3 Å². The van der Waals surface area contributed by atoms with Gasteiger partial charge in [-0.2, -0.15) is 0 Å². The highest BCUT2D eigenvalue weighted by Crippen LogP contribution is 2.19. The predicted octanol–water partition coefficient (Wildman–Crippen LogP) is -0.973. The van der Waals surface area contributed by atoms with Crippen LogP contribution >= 0.6 is 0 Å². The molecule has 1 aromatic rings. The monoisotopic (exact) mass is 273 g/mol. The lowest BCUT2D eigenvalue weighted by Crippen LogP contribution is -2.35. The molecule has 6 N–H and O–H groups in total. The Morgan fingerprint density at radius 1 is 1.50 bits per heavy atom. The van der Waals surface area contributed by atoms with Crippen molar-refractivity contribution in [1.29, 1.82) is 0 Å². The summed E-state index contributed by atoms with van der Waals surface area (Å²) in [5, 5.41) is 8.81. The van der Waals surface area contributed by atoms with Gasteiger partial charge in [0.2, 0.25) is 15.9 Å². The van der Waals surface area contributed by atoms with Crippen molar-refractivity contribution in [3.8, 4) is 0 Å². The lowest BCUT2D eigenvalue weighted by molar-refractivity contribution is 0.1000. The highest BCUT2D eigenvalue weighted by molar-refractivity contribution is 7.89. The van der Waals surface area contributed by atoms with E-state index in [-0.39, 0.29) is 22.8 Å². The van der Waals surface area contributed by atoms with Crippen molar-refractivity contribution >= 4 is 21.6 Å². The molecule has 1 aromatic carbocycles. The molecule has 0 aromatic heterocycles. The Labute approximate surface area is 105 Å². The Bertz CT molecular complexity index is 556. The quantitative estimate of drug-likeness (QED) is 0.512. The zero-order valence-electron chi connectivity index (χ0n) is 9.75. The largest absolute Gasteiger partial charge is 0.398 e. The normalized spacial score (nSPS) is 13.2. The number of primary amides is 1. The minimum absolute atomic E-state index is 0.0797. The number of anilines is 1. The molecule has 1 rings (SSSR count). The first-order valence-corrected chi connectivity index (χ1v) is 6.58. The summed E-state index contributed by atoms with van der Waals surface area (Å²) in [4.78, 5) is 10.7. The first-order chi connectivity index (χ1) is 8.27. The third kappa shape index (κ3) is 3.19. The second-order valence-electron chi connectivity index (χ2n) is 3.82. The van der Waals surface area contributed by atoms with Gasteiger partial charge in [-0.15, -0.1) is 0 Å². The summed E-state index contributed by atoms with van der Waals surface area (Å²) in [5.74, 6) is -0.692. The summed E-state index contributed by atoms with van der Waals surface area (Å²) in [5.41, 5.74) is 10.7. The third-order valence-corrected chi connectivity index (χ3v) is 3.88. The van der Waals surface area contributed by atoms with Crippen LogP contribution in [0.4, 0.5) is 5.69 Å². The second kappa shape index (κ2) is 5.34. The van der Waals surface area contributed by atoms with Crippen LogP contribution in [0.2, 0.25) is 0 Å². The van der Waals surface area contributed by atoms with E-state index in [4.69, 9.17) is 16.6 Å². The number of hydrogen-bond donors (Lipinski definition) is 4. The molecule has 0 fully saturated rings. The lowest BCUT2D eigenvalue weighted by atomic mass is 10.2.